The summed E-state index contributed by atoms with van der Waals surface area (Å²) in [6.07, 6.45) is -0.0325. The number of ether oxygens (including phenoxy) is 2. The Balaban J connectivity index is 1.91. The summed E-state index contributed by atoms with van der Waals surface area (Å²) in [6.45, 7) is 6.04. The van der Waals surface area contributed by atoms with Crippen molar-refractivity contribution in [2.24, 2.45) is 0 Å². The van der Waals surface area contributed by atoms with Gasteiger partial charge in [-0.3, -0.25) is 14.5 Å². The molecule has 0 radical (unpaired) electrons. The van der Waals surface area contributed by atoms with E-state index < -0.39 is 23.5 Å². The zero-order valence-corrected chi connectivity index (χ0v) is 21.3. The van der Waals surface area contributed by atoms with Crippen LogP contribution >= 0.6 is 11.6 Å². The molecule has 8 heteroatoms. The van der Waals surface area contributed by atoms with Crippen LogP contribution in [-0.4, -0.2) is 29.5 Å². The average molecular weight is 517 g/mol. The fourth-order valence-corrected chi connectivity index (χ4v) is 4.41. The summed E-state index contributed by atoms with van der Waals surface area (Å²) in [5.41, 5.74) is 1.46. The Bertz CT molecular complexity index is 1410. The second-order valence-electron chi connectivity index (χ2n) is 8.64. The molecule has 188 valence electrons. The second-order valence-corrected chi connectivity index (χ2v) is 9.05. The van der Waals surface area contributed by atoms with Gasteiger partial charge in [0, 0.05) is 11.3 Å². The molecule has 1 atom stereocenters. The van der Waals surface area contributed by atoms with Gasteiger partial charge in [-0.25, -0.2) is 0 Å². The number of carbonyl (C=O) groups is 2. The Morgan fingerprint density at radius 1 is 1.05 bits per heavy atom. The quantitative estimate of drug-likeness (QED) is 0.234. The number of anilines is 1. The first-order chi connectivity index (χ1) is 17.7. The van der Waals surface area contributed by atoms with Gasteiger partial charge in [0.1, 0.15) is 17.3 Å². The van der Waals surface area contributed by atoms with Crippen molar-refractivity contribution in [3.8, 4) is 17.6 Å². The Morgan fingerprint density at radius 3 is 2.30 bits per heavy atom. The monoisotopic (exact) mass is 516 g/mol. The number of amides is 1. The molecule has 1 amide bonds. The van der Waals surface area contributed by atoms with Gasteiger partial charge in [0.05, 0.1) is 41.0 Å². The van der Waals surface area contributed by atoms with Crippen LogP contribution < -0.4 is 14.4 Å². The summed E-state index contributed by atoms with van der Waals surface area (Å²) in [7, 11) is 0. The number of nitriles is 1. The van der Waals surface area contributed by atoms with Crippen LogP contribution in [0.25, 0.3) is 5.76 Å². The Labute approximate surface area is 220 Å². The van der Waals surface area contributed by atoms with Crippen molar-refractivity contribution in [3.05, 3.63) is 94.0 Å². The lowest BCUT2D eigenvalue weighted by Gasteiger charge is -2.26. The van der Waals surface area contributed by atoms with Crippen molar-refractivity contribution < 1.29 is 24.2 Å². The molecular weight excluding hydrogens is 492 g/mol. The van der Waals surface area contributed by atoms with Gasteiger partial charge in [-0.05, 0) is 80.9 Å². The molecule has 1 N–H and O–H groups in total. The molecule has 1 heterocycles. The number of Topliss-reactive ketones (excluding diaryl/α,β-unsaturated/α-hetero) is 1. The lowest BCUT2D eigenvalue weighted by molar-refractivity contribution is -0.132. The lowest BCUT2D eigenvalue weighted by atomic mass is 9.95. The summed E-state index contributed by atoms with van der Waals surface area (Å²) in [4.78, 5) is 28.0. The van der Waals surface area contributed by atoms with Crippen LogP contribution in [0.2, 0.25) is 5.02 Å². The number of hydrogen-bond donors (Lipinski definition) is 1. The van der Waals surface area contributed by atoms with Gasteiger partial charge in [0.15, 0.2) is 0 Å². The molecule has 1 fully saturated rings. The van der Waals surface area contributed by atoms with Gasteiger partial charge in [-0.15, -0.1) is 0 Å². The third kappa shape index (κ3) is 5.16. The topological polar surface area (TPSA) is 99.9 Å². The molecule has 3 aromatic rings. The number of aliphatic hydroxyl groups excluding tert-OH is 1. The van der Waals surface area contributed by atoms with E-state index >= 15 is 0 Å². The molecule has 0 aromatic heterocycles. The van der Waals surface area contributed by atoms with Crippen molar-refractivity contribution in [1.29, 1.82) is 5.26 Å². The Hall–Kier alpha value is -4.28. The van der Waals surface area contributed by atoms with E-state index in [9.17, 15) is 20.0 Å². The van der Waals surface area contributed by atoms with E-state index in [-0.39, 0.29) is 22.3 Å². The van der Waals surface area contributed by atoms with Crippen LogP contribution in [0.15, 0.2) is 72.3 Å². The maximum atomic E-state index is 13.4. The van der Waals surface area contributed by atoms with Gasteiger partial charge in [-0.2, -0.15) is 5.26 Å². The van der Waals surface area contributed by atoms with Crippen LogP contribution in [0, 0.1) is 11.3 Å². The maximum Gasteiger partial charge on any atom is 0.300 e. The minimum absolute atomic E-state index is 0.0325. The summed E-state index contributed by atoms with van der Waals surface area (Å²) < 4.78 is 11.3. The standard InChI is InChI=1S/C29H25ClN2O5/c1-4-36-22-13-14-24(30)23(15-22)27(33)25-26(19-7-11-21(12-8-19)37-17(2)3)32(29(35)28(25)34)20-9-5-18(16-31)6-10-20/h5-15,17,26,33H,4H2,1-3H3/b27-25+. The second kappa shape index (κ2) is 10.8. The van der Waals surface area contributed by atoms with Gasteiger partial charge < -0.3 is 14.6 Å². The molecule has 3 aromatic carbocycles. The van der Waals surface area contributed by atoms with Crippen LogP contribution in [0.3, 0.4) is 0 Å². The van der Waals surface area contributed by atoms with Gasteiger partial charge in [-0.1, -0.05) is 23.7 Å². The zero-order chi connectivity index (χ0) is 26.7. The highest BCUT2D eigenvalue weighted by molar-refractivity contribution is 6.52. The molecule has 7 nitrogen and oxygen atoms in total. The summed E-state index contributed by atoms with van der Waals surface area (Å²) in [6, 6.07) is 19.1. The van der Waals surface area contributed by atoms with Gasteiger partial charge >= 0.3 is 0 Å². The number of aliphatic hydroxyl groups is 1. The number of halogens is 1. The highest BCUT2D eigenvalue weighted by Crippen LogP contribution is 2.43. The number of rotatable bonds is 7. The fourth-order valence-electron chi connectivity index (χ4n) is 4.20. The lowest BCUT2D eigenvalue weighted by Crippen LogP contribution is -2.29. The van der Waals surface area contributed by atoms with E-state index in [1.165, 1.54) is 11.0 Å². The summed E-state index contributed by atoms with van der Waals surface area (Å²) >= 11 is 6.40. The fraction of sp³-hybridized carbons (Fsp3) is 0.207. The molecule has 0 spiro atoms. The smallest absolute Gasteiger partial charge is 0.300 e. The van der Waals surface area contributed by atoms with Crippen molar-refractivity contribution in [2.45, 2.75) is 32.9 Å². The predicted octanol–water partition coefficient (Wildman–Crippen LogP) is 6.02. The highest BCUT2D eigenvalue weighted by atomic mass is 35.5. The minimum Gasteiger partial charge on any atom is -0.507 e. The van der Waals surface area contributed by atoms with Crippen molar-refractivity contribution in [2.75, 3.05) is 11.5 Å². The van der Waals surface area contributed by atoms with E-state index in [0.717, 1.165) is 0 Å². The molecule has 1 unspecified atom stereocenters. The predicted molar refractivity (Wildman–Crippen MR) is 141 cm³/mol. The van der Waals surface area contributed by atoms with E-state index in [0.29, 0.717) is 34.9 Å². The van der Waals surface area contributed by atoms with Gasteiger partial charge in [0.25, 0.3) is 11.7 Å². The van der Waals surface area contributed by atoms with Crippen LogP contribution in [0.4, 0.5) is 5.69 Å². The van der Waals surface area contributed by atoms with E-state index in [1.54, 1.807) is 60.7 Å². The average Bonchev–Trinajstić information content (AvgIpc) is 3.15. The molecule has 4 rings (SSSR count). The largest absolute Gasteiger partial charge is 0.507 e. The number of nitrogens with zero attached hydrogens (tertiary/aromatic N) is 2. The third-order valence-corrected chi connectivity index (χ3v) is 6.12. The SMILES string of the molecule is CCOc1ccc(Cl)c(/C(O)=C2\C(=O)C(=O)N(c3ccc(C#N)cc3)C2c2ccc(OC(C)C)cc2)c1. The normalized spacial score (nSPS) is 16.6. The van der Waals surface area contributed by atoms with Crippen molar-refractivity contribution in [1.82, 2.24) is 0 Å². The Morgan fingerprint density at radius 2 is 1.70 bits per heavy atom. The van der Waals surface area contributed by atoms with Crippen molar-refractivity contribution in [3.63, 3.8) is 0 Å². The maximum absolute atomic E-state index is 13.4. The van der Waals surface area contributed by atoms with E-state index in [1.807, 2.05) is 26.8 Å². The molecule has 1 aliphatic rings. The molecule has 0 saturated carbocycles. The molecule has 0 bridgehead atoms. The zero-order valence-electron chi connectivity index (χ0n) is 20.6. The number of carbonyl (C=O) groups excluding carboxylic acids is 2. The summed E-state index contributed by atoms with van der Waals surface area (Å²) in [5, 5.41) is 20.8. The minimum atomic E-state index is -0.951. The van der Waals surface area contributed by atoms with E-state index in [2.05, 4.69) is 0 Å². The van der Waals surface area contributed by atoms with Crippen LogP contribution in [-0.2, 0) is 9.59 Å². The molecule has 1 saturated heterocycles. The van der Waals surface area contributed by atoms with Crippen molar-refractivity contribution >= 4 is 34.7 Å². The first-order valence-electron chi connectivity index (χ1n) is 11.8. The molecule has 37 heavy (non-hydrogen) atoms. The van der Waals surface area contributed by atoms with Crippen LogP contribution in [0.1, 0.15) is 43.5 Å². The highest BCUT2D eigenvalue weighted by Gasteiger charge is 2.47. The number of ketones is 1. The van der Waals surface area contributed by atoms with E-state index in [4.69, 9.17) is 21.1 Å². The Kier molecular flexibility index (Phi) is 7.51. The molecule has 1 aliphatic heterocycles. The third-order valence-electron chi connectivity index (χ3n) is 5.79. The van der Waals surface area contributed by atoms with Gasteiger partial charge in [0.2, 0.25) is 0 Å². The first-order valence-corrected chi connectivity index (χ1v) is 12.1. The summed E-state index contributed by atoms with van der Waals surface area (Å²) in [5.74, 6) is -0.986. The first kappa shape index (κ1) is 25.8. The number of benzene rings is 3. The number of hydrogen-bond acceptors (Lipinski definition) is 6. The molecular formula is C29H25ClN2O5. The van der Waals surface area contributed by atoms with Crippen LogP contribution in [0.5, 0.6) is 11.5 Å². The molecule has 0 aliphatic carbocycles.